The van der Waals surface area contributed by atoms with Crippen molar-refractivity contribution in [3.8, 4) is 0 Å². The molecule has 0 amide bonds. The van der Waals surface area contributed by atoms with E-state index in [9.17, 15) is 4.79 Å². The monoisotopic (exact) mass is 369 g/mol. The van der Waals surface area contributed by atoms with E-state index in [0.29, 0.717) is 23.6 Å². The normalized spacial score (nSPS) is 24.0. The number of benzene rings is 1. The molecule has 2 aliphatic rings. The smallest absolute Gasteiger partial charge is 0.337 e. The molecule has 1 fully saturated rings. The van der Waals surface area contributed by atoms with Gasteiger partial charge in [0.05, 0.1) is 18.4 Å². The number of carbonyl (C=O) groups is 1. The number of esters is 1. The minimum absolute atomic E-state index is 0.261. The molecule has 2 atom stereocenters. The Balaban J connectivity index is 2.12. The van der Waals surface area contributed by atoms with Gasteiger partial charge in [-0.25, -0.2) is 4.79 Å². The number of nitrogens with zero attached hydrogens (tertiary/aromatic N) is 1. The summed E-state index contributed by atoms with van der Waals surface area (Å²) in [6.07, 6.45) is 1.18. The average Bonchev–Trinajstić information content (AvgIpc) is 2.81. The maximum Gasteiger partial charge on any atom is 0.337 e. The van der Waals surface area contributed by atoms with Crippen LogP contribution in [-0.2, 0) is 4.74 Å². The van der Waals surface area contributed by atoms with E-state index >= 15 is 0 Å². The zero-order valence-corrected chi connectivity index (χ0v) is 15.0. The lowest BCUT2D eigenvalue weighted by Crippen LogP contribution is -2.42. The molecule has 0 aliphatic carbocycles. The Bertz CT molecular complexity index is 576. The minimum atomic E-state index is -0.261. The molecule has 3 rings (SSSR count). The average molecular weight is 370 g/mol. The molecule has 114 valence electrons. The highest BCUT2D eigenvalue weighted by Gasteiger charge is 2.42. The topological polar surface area (TPSA) is 29.5 Å². The van der Waals surface area contributed by atoms with Crippen molar-refractivity contribution in [2.45, 2.75) is 38.3 Å². The fraction of sp³-hybridized carbons (Fsp3) is 0.562. The number of hydrogen-bond acceptors (Lipinski definition) is 4. The van der Waals surface area contributed by atoms with Crippen LogP contribution in [0.25, 0.3) is 0 Å². The summed E-state index contributed by atoms with van der Waals surface area (Å²) in [7, 11) is 1.43. The summed E-state index contributed by atoms with van der Waals surface area (Å²) in [5.41, 5.74) is 3.23. The number of hydrogen-bond donors (Lipinski definition) is 0. The molecular formula is C16H20BrNO2S. The predicted octanol–water partition coefficient (Wildman–Crippen LogP) is 4.05. The van der Waals surface area contributed by atoms with Gasteiger partial charge in [-0.2, -0.15) is 11.8 Å². The van der Waals surface area contributed by atoms with Gasteiger partial charge in [-0.3, -0.25) is 0 Å². The first-order valence-electron chi connectivity index (χ1n) is 7.32. The maximum absolute atomic E-state index is 11.9. The number of anilines is 1. The summed E-state index contributed by atoms with van der Waals surface area (Å²) in [5.74, 6) is 2.64. The lowest BCUT2D eigenvalue weighted by molar-refractivity contribution is 0.0600. The van der Waals surface area contributed by atoms with Crippen LogP contribution in [0.3, 0.4) is 0 Å². The number of ether oxygens (including phenoxy) is 1. The van der Waals surface area contributed by atoms with Gasteiger partial charge >= 0.3 is 5.97 Å². The molecule has 0 spiro atoms. The number of carbonyl (C=O) groups excluding carboxylic acids is 1. The van der Waals surface area contributed by atoms with Gasteiger partial charge in [0, 0.05) is 28.2 Å². The van der Waals surface area contributed by atoms with E-state index in [1.165, 1.54) is 30.5 Å². The molecule has 1 saturated heterocycles. The fourth-order valence-corrected chi connectivity index (χ4v) is 5.48. The van der Waals surface area contributed by atoms with Crippen LogP contribution in [0.1, 0.15) is 42.1 Å². The van der Waals surface area contributed by atoms with Gasteiger partial charge in [-0.1, -0.05) is 0 Å². The second-order valence-electron chi connectivity index (χ2n) is 5.93. The number of thioether (sulfide) groups is 1. The van der Waals surface area contributed by atoms with Gasteiger partial charge < -0.3 is 9.64 Å². The fourth-order valence-electron chi connectivity index (χ4n) is 3.58. The molecule has 3 nitrogen and oxygen atoms in total. The number of fused-ring (bicyclic) bond motifs is 3. The van der Waals surface area contributed by atoms with Gasteiger partial charge in [0.15, 0.2) is 0 Å². The molecule has 0 aromatic heterocycles. The molecule has 2 heterocycles. The lowest BCUT2D eigenvalue weighted by Gasteiger charge is -2.36. The van der Waals surface area contributed by atoms with Crippen LogP contribution in [0.2, 0.25) is 0 Å². The van der Waals surface area contributed by atoms with Crippen LogP contribution in [0.5, 0.6) is 0 Å². The van der Waals surface area contributed by atoms with E-state index in [0.717, 1.165) is 10.2 Å². The van der Waals surface area contributed by atoms with Crippen LogP contribution < -0.4 is 4.90 Å². The molecule has 21 heavy (non-hydrogen) atoms. The number of halogens is 1. The van der Waals surface area contributed by atoms with Crippen LogP contribution in [0.4, 0.5) is 5.69 Å². The SMILES string of the molecule is COC(=O)c1cc(Br)c2c(c1)C1CCSCC1N2C(C)C. The van der Waals surface area contributed by atoms with Crippen molar-refractivity contribution in [3.05, 3.63) is 27.7 Å². The lowest BCUT2D eigenvalue weighted by atomic mass is 9.92. The molecule has 1 aromatic carbocycles. The van der Waals surface area contributed by atoms with E-state index in [2.05, 4.69) is 34.7 Å². The number of rotatable bonds is 2. The number of methoxy groups -OCH3 is 1. The minimum Gasteiger partial charge on any atom is -0.465 e. The molecule has 0 radical (unpaired) electrons. The van der Waals surface area contributed by atoms with Crippen LogP contribution in [0, 0.1) is 0 Å². The Morgan fingerprint density at radius 3 is 2.90 bits per heavy atom. The standard InChI is InChI=1S/C16H20BrNO2S/c1-9(2)18-14-8-21-5-4-11(14)12-6-10(16(19)20-3)7-13(17)15(12)18/h6-7,9,11,14H,4-5,8H2,1-3H3. The van der Waals surface area contributed by atoms with Gasteiger partial charge in [0.1, 0.15) is 0 Å². The van der Waals surface area contributed by atoms with E-state index in [-0.39, 0.29) is 5.97 Å². The summed E-state index contributed by atoms with van der Waals surface area (Å²) in [6.45, 7) is 4.48. The third-order valence-electron chi connectivity index (χ3n) is 4.41. The molecule has 0 bridgehead atoms. The maximum atomic E-state index is 11.9. The van der Waals surface area contributed by atoms with Gasteiger partial charge in [-0.05, 0) is 59.6 Å². The zero-order valence-electron chi connectivity index (χ0n) is 12.6. The second-order valence-corrected chi connectivity index (χ2v) is 7.93. The summed E-state index contributed by atoms with van der Waals surface area (Å²) in [5, 5.41) is 0. The second kappa shape index (κ2) is 5.84. The Labute approximate surface area is 138 Å². The molecule has 0 N–H and O–H groups in total. The Morgan fingerprint density at radius 1 is 1.48 bits per heavy atom. The highest BCUT2D eigenvalue weighted by atomic mass is 79.9. The zero-order chi connectivity index (χ0) is 15.1. The van der Waals surface area contributed by atoms with E-state index in [1.807, 2.05) is 23.9 Å². The van der Waals surface area contributed by atoms with E-state index < -0.39 is 0 Å². The molecule has 2 unspecified atom stereocenters. The summed E-state index contributed by atoms with van der Waals surface area (Å²) >= 11 is 5.72. The van der Waals surface area contributed by atoms with Crippen molar-refractivity contribution in [3.63, 3.8) is 0 Å². The first kappa shape index (κ1) is 15.2. The van der Waals surface area contributed by atoms with Crippen molar-refractivity contribution in [2.24, 2.45) is 0 Å². The van der Waals surface area contributed by atoms with Gasteiger partial charge in [0.2, 0.25) is 0 Å². The highest BCUT2D eigenvalue weighted by molar-refractivity contribution is 9.10. The quantitative estimate of drug-likeness (QED) is 0.735. The molecule has 5 heteroatoms. The van der Waals surface area contributed by atoms with E-state index in [4.69, 9.17) is 4.74 Å². The van der Waals surface area contributed by atoms with Crippen LogP contribution in [0.15, 0.2) is 16.6 Å². The first-order valence-corrected chi connectivity index (χ1v) is 9.27. The summed E-state index contributed by atoms with van der Waals surface area (Å²) < 4.78 is 5.89. The van der Waals surface area contributed by atoms with Crippen LogP contribution in [-0.4, -0.2) is 36.7 Å². The van der Waals surface area contributed by atoms with Crippen molar-refractivity contribution in [2.75, 3.05) is 23.5 Å². The van der Waals surface area contributed by atoms with Crippen molar-refractivity contribution < 1.29 is 9.53 Å². The largest absolute Gasteiger partial charge is 0.465 e. The summed E-state index contributed by atoms with van der Waals surface area (Å²) in [4.78, 5) is 14.4. The van der Waals surface area contributed by atoms with Crippen molar-refractivity contribution >= 4 is 39.3 Å². The molecule has 2 aliphatic heterocycles. The van der Waals surface area contributed by atoms with Gasteiger partial charge in [0.25, 0.3) is 0 Å². The van der Waals surface area contributed by atoms with Crippen LogP contribution >= 0.6 is 27.7 Å². The Hall–Kier alpha value is -0.680. The van der Waals surface area contributed by atoms with E-state index in [1.54, 1.807) is 0 Å². The first-order chi connectivity index (χ1) is 10.0. The van der Waals surface area contributed by atoms with Crippen molar-refractivity contribution in [1.29, 1.82) is 0 Å². The molecular weight excluding hydrogens is 350 g/mol. The highest BCUT2D eigenvalue weighted by Crippen LogP contribution is 2.50. The molecule has 0 saturated carbocycles. The van der Waals surface area contributed by atoms with Gasteiger partial charge in [-0.15, -0.1) is 0 Å². The Morgan fingerprint density at radius 2 is 2.24 bits per heavy atom. The Kier molecular flexibility index (Phi) is 4.23. The van der Waals surface area contributed by atoms with Crippen molar-refractivity contribution in [1.82, 2.24) is 0 Å². The predicted molar refractivity (Wildman–Crippen MR) is 91.6 cm³/mol. The summed E-state index contributed by atoms with van der Waals surface area (Å²) in [6, 6.07) is 4.94. The third kappa shape index (κ3) is 2.48. The molecule has 1 aromatic rings. The third-order valence-corrected chi connectivity index (χ3v) is 6.12.